The summed E-state index contributed by atoms with van der Waals surface area (Å²) in [7, 11) is -6.57. The fraction of sp³-hybridized carbons (Fsp3) is 0.824. The summed E-state index contributed by atoms with van der Waals surface area (Å²) in [4.78, 5) is 13.9. The normalized spacial score (nSPS) is 22.3. The third kappa shape index (κ3) is 8.92. The maximum Gasteiger partial charge on any atom is 0.409 e. The number of ether oxygens (including phenoxy) is 1. The number of hydrogen-bond donors (Lipinski definition) is 0. The predicted molar refractivity (Wildman–Crippen MR) is 186 cm³/mol. The van der Waals surface area contributed by atoms with Gasteiger partial charge < -0.3 is 9.64 Å². The van der Waals surface area contributed by atoms with E-state index in [1.807, 2.05) is 0 Å². The van der Waals surface area contributed by atoms with E-state index in [2.05, 4.69) is 52.9 Å². The minimum absolute atomic E-state index is 0.00178. The van der Waals surface area contributed by atoms with Crippen molar-refractivity contribution in [3.8, 4) is 0 Å². The molecule has 0 aliphatic carbocycles. The number of carbonyl (C=O) groups excluding carboxylic acids is 1. The Morgan fingerprint density at radius 2 is 1.58 bits per heavy atom. The van der Waals surface area contributed by atoms with E-state index in [0.29, 0.717) is 54.0 Å². The number of hydrogen-bond acceptors (Lipinski definition) is 7. The summed E-state index contributed by atoms with van der Waals surface area (Å²) < 4.78 is 62.0. The highest BCUT2D eigenvalue weighted by molar-refractivity contribution is 7.96. The summed E-state index contributed by atoms with van der Waals surface area (Å²) in [5, 5.41) is -0.763. The van der Waals surface area contributed by atoms with Crippen molar-refractivity contribution in [1.82, 2.24) is 4.90 Å². The highest BCUT2D eigenvalue weighted by Crippen LogP contribution is 2.46. The molecule has 1 aromatic rings. The summed E-state index contributed by atoms with van der Waals surface area (Å²) in [6, 6.07) is 0.800. The molecule has 45 heavy (non-hydrogen) atoms. The van der Waals surface area contributed by atoms with E-state index in [9.17, 15) is 21.6 Å². The molecule has 0 radical (unpaired) electrons. The van der Waals surface area contributed by atoms with Crippen molar-refractivity contribution in [3.05, 3.63) is 11.6 Å². The van der Waals surface area contributed by atoms with Crippen LogP contribution in [0.25, 0.3) is 0 Å². The molecule has 0 saturated carbocycles. The Balaban J connectivity index is 2.31. The first-order valence-corrected chi connectivity index (χ1v) is 21.0. The van der Waals surface area contributed by atoms with Gasteiger partial charge in [-0.3, -0.25) is 0 Å². The van der Waals surface area contributed by atoms with Gasteiger partial charge in [-0.15, -0.1) is 11.3 Å². The summed E-state index contributed by atoms with van der Waals surface area (Å²) in [6.45, 7) is 19.9. The lowest BCUT2D eigenvalue weighted by atomic mass is 9.63. The van der Waals surface area contributed by atoms with Gasteiger partial charge in [-0.1, -0.05) is 87.0 Å². The number of fused-ring (bicyclic) bond motifs is 1. The van der Waals surface area contributed by atoms with Gasteiger partial charge in [-0.2, -0.15) is 12.8 Å². The first-order valence-electron chi connectivity index (χ1n) is 17.2. The number of amides is 1. The van der Waals surface area contributed by atoms with Gasteiger partial charge in [0, 0.05) is 18.3 Å². The summed E-state index contributed by atoms with van der Waals surface area (Å²) in [5.74, 6) is 3.76. The molecule has 0 fully saturated rings. The van der Waals surface area contributed by atoms with Crippen molar-refractivity contribution in [2.45, 2.75) is 140 Å². The highest BCUT2D eigenvalue weighted by Gasteiger charge is 2.43. The van der Waals surface area contributed by atoms with Crippen LogP contribution >= 0.6 is 11.3 Å². The molecule has 11 heteroatoms. The zero-order chi connectivity index (χ0) is 34.1. The monoisotopic (exact) mass is 688 g/mol. The van der Waals surface area contributed by atoms with E-state index < -0.39 is 37.2 Å². The van der Waals surface area contributed by atoms with E-state index >= 15 is 0 Å². The number of thiophene rings is 1. The molecule has 1 aliphatic heterocycles. The van der Waals surface area contributed by atoms with Gasteiger partial charge in [-0.05, 0) is 74.7 Å². The number of sulfonamides is 1. The van der Waals surface area contributed by atoms with Crippen LogP contribution in [0.5, 0.6) is 0 Å². The Morgan fingerprint density at radius 3 is 2.07 bits per heavy atom. The largest absolute Gasteiger partial charge is 0.453 e. The second-order valence-corrected chi connectivity index (χ2v) is 18.3. The van der Waals surface area contributed by atoms with Crippen LogP contribution in [-0.4, -0.2) is 52.9 Å². The number of sulfone groups is 1. The van der Waals surface area contributed by atoms with Crippen molar-refractivity contribution >= 4 is 43.5 Å². The molecule has 8 nitrogen and oxygen atoms in total. The van der Waals surface area contributed by atoms with Gasteiger partial charge >= 0.3 is 6.09 Å². The molecule has 0 spiro atoms. The van der Waals surface area contributed by atoms with E-state index in [0.717, 1.165) is 37.0 Å². The molecule has 0 N–H and O–H groups in total. The Bertz CT molecular complexity index is 1320. The van der Waals surface area contributed by atoms with Gasteiger partial charge in [0.05, 0.1) is 18.4 Å². The van der Waals surface area contributed by atoms with Crippen molar-refractivity contribution < 1.29 is 26.4 Å². The van der Waals surface area contributed by atoms with Crippen molar-refractivity contribution in [3.63, 3.8) is 0 Å². The zero-order valence-corrected chi connectivity index (χ0v) is 31.9. The third-order valence-corrected chi connectivity index (χ3v) is 16.3. The average molecular weight is 689 g/mol. The first kappa shape index (κ1) is 39.7. The first-order chi connectivity index (χ1) is 21.2. The maximum atomic E-state index is 13.4. The van der Waals surface area contributed by atoms with Crippen LogP contribution in [0, 0.1) is 35.5 Å². The molecule has 1 aliphatic rings. The lowest BCUT2D eigenvalue weighted by Crippen LogP contribution is -2.40. The smallest absolute Gasteiger partial charge is 0.409 e. The van der Waals surface area contributed by atoms with Gasteiger partial charge in [0.25, 0.3) is 10.0 Å². The average Bonchev–Trinajstić information content (AvgIpc) is 3.50. The van der Waals surface area contributed by atoms with Crippen LogP contribution in [0.3, 0.4) is 0 Å². The SMILES string of the molecule is CCC(C)C(CC)C(CC)C(CC)C(CC)C(CC)CC/C=N/S(=O)(=O)c1cc2c(s1)S(=O)(=O)[C@@H](C)C[C@@H]2N(CC)C(=O)OC. The molecule has 1 amide bonds. The number of carbonyl (C=O) groups is 1. The molecule has 260 valence electrons. The van der Waals surface area contributed by atoms with Crippen LogP contribution in [0.1, 0.15) is 132 Å². The highest BCUT2D eigenvalue weighted by atomic mass is 32.3. The predicted octanol–water partition coefficient (Wildman–Crippen LogP) is 9.16. The molecular weight excluding hydrogens is 629 g/mol. The number of methoxy groups -OCH3 is 1. The summed E-state index contributed by atoms with van der Waals surface area (Å²) in [5.41, 5.74) is 0.329. The summed E-state index contributed by atoms with van der Waals surface area (Å²) >= 11 is 0.734. The standard InChI is InChI=1S/C34H60N2O6S3/c1-11-23(8)26(13-3)28(15-5)29(16-6)27(14-4)25(12-2)19-18-20-35-45(40,41)32-22-30-31(36(17-7)34(37)42-10)21-24(9)44(38,39)33(30)43-32/h20,22-29,31H,11-19,21H2,1-10H3/b35-20+/t23?,24-,25?,26?,27?,28?,29?,31-/m0/s1. The van der Waals surface area contributed by atoms with Gasteiger partial charge in [0.15, 0.2) is 9.84 Å². The lowest BCUT2D eigenvalue weighted by molar-refractivity contribution is 0.0731. The van der Waals surface area contributed by atoms with Gasteiger partial charge in [0.1, 0.15) is 8.42 Å². The van der Waals surface area contributed by atoms with Crippen LogP contribution in [0.15, 0.2) is 18.9 Å². The Hall–Kier alpha value is -1.46. The zero-order valence-electron chi connectivity index (χ0n) is 29.4. The fourth-order valence-corrected chi connectivity index (χ4v) is 12.9. The molecule has 0 aromatic carbocycles. The molecule has 2 rings (SSSR count). The number of rotatable bonds is 18. The Kier molecular flexibility index (Phi) is 15.6. The van der Waals surface area contributed by atoms with Crippen LogP contribution < -0.4 is 0 Å². The molecule has 0 bridgehead atoms. The minimum atomic E-state index is -4.11. The van der Waals surface area contributed by atoms with Crippen molar-refractivity contribution in [1.29, 1.82) is 0 Å². The van der Waals surface area contributed by atoms with E-state index in [1.54, 1.807) is 13.8 Å². The van der Waals surface area contributed by atoms with E-state index in [-0.39, 0.29) is 14.8 Å². The van der Waals surface area contributed by atoms with Crippen molar-refractivity contribution in [2.75, 3.05) is 13.7 Å². The molecule has 2 heterocycles. The topological polar surface area (TPSA) is 110 Å². The van der Waals surface area contributed by atoms with E-state index in [1.165, 1.54) is 43.6 Å². The Labute approximate surface area is 278 Å². The third-order valence-electron chi connectivity index (χ3n) is 10.7. The lowest BCUT2D eigenvalue weighted by Gasteiger charge is -2.42. The minimum Gasteiger partial charge on any atom is -0.453 e. The van der Waals surface area contributed by atoms with Crippen molar-refractivity contribution in [2.24, 2.45) is 39.9 Å². The quantitative estimate of drug-likeness (QED) is 0.142. The summed E-state index contributed by atoms with van der Waals surface area (Å²) in [6.07, 6.45) is 9.37. The number of nitrogens with zero attached hydrogens (tertiary/aromatic N) is 2. The van der Waals surface area contributed by atoms with Gasteiger partial charge in [-0.25, -0.2) is 13.2 Å². The fourth-order valence-electron chi connectivity index (χ4n) is 8.06. The van der Waals surface area contributed by atoms with Crippen LogP contribution in [0.2, 0.25) is 0 Å². The molecule has 0 saturated heterocycles. The van der Waals surface area contributed by atoms with Crippen LogP contribution in [0.4, 0.5) is 4.79 Å². The van der Waals surface area contributed by atoms with Gasteiger partial charge in [0.2, 0.25) is 0 Å². The Morgan fingerprint density at radius 1 is 1.00 bits per heavy atom. The maximum absolute atomic E-state index is 13.4. The molecule has 1 aromatic heterocycles. The second-order valence-electron chi connectivity index (χ2n) is 12.9. The molecular formula is C34H60N2O6S3. The molecule has 6 unspecified atom stereocenters. The second kappa shape index (κ2) is 17.6. The molecule has 8 atom stereocenters. The van der Waals surface area contributed by atoms with E-state index in [4.69, 9.17) is 4.74 Å². The van der Waals surface area contributed by atoms with Crippen LogP contribution in [-0.2, 0) is 24.6 Å².